The van der Waals surface area contributed by atoms with Crippen molar-refractivity contribution in [3.63, 3.8) is 0 Å². The molecule has 0 saturated heterocycles. The van der Waals surface area contributed by atoms with Crippen LogP contribution in [0.1, 0.15) is 6.92 Å². The maximum atomic E-state index is 11.1. The van der Waals surface area contributed by atoms with Crippen LogP contribution < -0.4 is 0 Å². The highest BCUT2D eigenvalue weighted by atomic mass is 19.1. The first-order chi connectivity index (χ1) is 2.27. The lowest BCUT2D eigenvalue weighted by molar-refractivity contribution is 0.124. The summed E-state index contributed by atoms with van der Waals surface area (Å²) in [6.07, 6.45) is -1.17. The van der Waals surface area contributed by atoms with Crippen LogP contribution in [0, 0.1) is 0 Å². The molecule has 0 aromatic rings. The molecular formula is C3H6FO. The third-order valence-corrected chi connectivity index (χ3v) is 0.230. The molecule has 1 atom stereocenters. The first kappa shape index (κ1) is 4.89. The van der Waals surface area contributed by atoms with Gasteiger partial charge in [0.2, 0.25) is 0 Å². The lowest BCUT2D eigenvalue weighted by Crippen LogP contribution is -1.94. The Kier molecular flexibility index (Phi) is 2.10. The van der Waals surface area contributed by atoms with Gasteiger partial charge in [-0.15, -0.1) is 0 Å². The van der Waals surface area contributed by atoms with Crippen LogP contribution in [0.4, 0.5) is 4.39 Å². The zero-order chi connectivity index (χ0) is 4.28. The van der Waals surface area contributed by atoms with E-state index in [0.717, 1.165) is 0 Å². The van der Waals surface area contributed by atoms with Gasteiger partial charge in [-0.05, 0) is 6.92 Å². The third kappa shape index (κ3) is 3.89. The molecule has 0 amide bonds. The highest BCUT2D eigenvalue weighted by Gasteiger charge is 1.89. The zero-order valence-electron chi connectivity index (χ0n) is 3.07. The van der Waals surface area contributed by atoms with Gasteiger partial charge in [0.25, 0.3) is 0 Å². The molecule has 0 aliphatic rings. The maximum absolute atomic E-state index is 11.1. The van der Waals surface area contributed by atoms with E-state index >= 15 is 0 Å². The molecule has 0 aliphatic heterocycles. The highest BCUT2D eigenvalue weighted by molar-refractivity contribution is 4.34. The quantitative estimate of drug-likeness (QED) is 0.440. The Morgan fingerprint density at radius 3 is 2.20 bits per heavy atom. The monoisotopic (exact) mass is 77.0 g/mol. The summed E-state index contributed by atoms with van der Waals surface area (Å²) in [7, 11) is 0. The first-order valence-electron chi connectivity index (χ1n) is 1.49. The summed E-state index contributed by atoms with van der Waals surface area (Å²) in [6, 6.07) is 0. The normalized spacial score (nSPS) is 15.0. The molecule has 0 unspecified atom stereocenters. The predicted molar refractivity (Wildman–Crippen MR) is 16.1 cm³/mol. The molecule has 0 fully saturated rings. The van der Waals surface area contributed by atoms with E-state index in [-0.39, 0.29) is 0 Å². The van der Waals surface area contributed by atoms with Gasteiger partial charge in [0.05, 0.1) is 0 Å². The van der Waals surface area contributed by atoms with E-state index in [2.05, 4.69) is 0 Å². The molecule has 0 spiro atoms. The molecule has 0 aliphatic carbocycles. The molecule has 0 heterocycles. The van der Waals surface area contributed by atoms with Gasteiger partial charge in [0.15, 0.2) is 0 Å². The molecule has 5 heavy (non-hydrogen) atoms. The van der Waals surface area contributed by atoms with E-state index < -0.39 is 12.8 Å². The predicted octanol–water partition coefficient (Wildman–Crippen LogP) is 0.775. The Morgan fingerprint density at radius 2 is 2.20 bits per heavy atom. The van der Waals surface area contributed by atoms with Crippen molar-refractivity contribution < 1.29 is 9.50 Å². The van der Waals surface area contributed by atoms with Crippen molar-refractivity contribution in [3.8, 4) is 0 Å². The van der Waals surface area contributed by atoms with Crippen molar-refractivity contribution >= 4 is 0 Å². The number of halogens is 1. The molecular weight excluding hydrogens is 71.0 g/mol. The van der Waals surface area contributed by atoms with E-state index in [1.165, 1.54) is 6.92 Å². The Balaban J connectivity index is 2.54. The zero-order valence-corrected chi connectivity index (χ0v) is 3.07. The van der Waals surface area contributed by atoms with Crippen molar-refractivity contribution in [2.75, 3.05) is 6.61 Å². The average molecular weight is 77.1 g/mol. The summed E-state index contributed by atoms with van der Waals surface area (Å²) in [6.45, 7) is 0.632. The Morgan fingerprint density at radius 1 is 2.00 bits per heavy atom. The standard InChI is InChI=1S/C3H6FO/c1-3(4)2-5/h3H,2H2,1H3/t3-/m1/s1. The number of rotatable bonds is 1. The van der Waals surface area contributed by atoms with Crippen LogP contribution in [-0.4, -0.2) is 12.8 Å². The minimum atomic E-state index is -1.17. The highest BCUT2D eigenvalue weighted by Crippen LogP contribution is 1.80. The molecule has 1 nitrogen and oxygen atoms in total. The minimum absolute atomic E-state index is 0.611. The van der Waals surface area contributed by atoms with E-state index in [1.54, 1.807) is 0 Å². The van der Waals surface area contributed by atoms with E-state index in [1.807, 2.05) is 0 Å². The van der Waals surface area contributed by atoms with Gasteiger partial charge in [-0.1, -0.05) is 0 Å². The number of hydrogen-bond acceptors (Lipinski definition) is 0. The second kappa shape index (κ2) is 2.15. The fourth-order valence-corrected chi connectivity index (χ4v) is 0. The smallest absolute Gasteiger partial charge is 0.124 e. The van der Waals surface area contributed by atoms with Crippen LogP contribution in [0.5, 0.6) is 0 Å². The lowest BCUT2D eigenvalue weighted by Gasteiger charge is -1.83. The van der Waals surface area contributed by atoms with Crippen molar-refractivity contribution in [2.24, 2.45) is 0 Å². The summed E-state index contributed by atoms with van der Waals surface area (Å²) in [5.74, 6) is 0. The fourth-order valence-electron chi connectivity index (χ4n) is 0. The van der Waals surface area contributed by atoms with Gasteiger partial charge in [-0.25, -0.2) is 9.50 Å². The summed E-state index contributed by atoms with van der Waals surface area (Å²) in [5, 5.41) is 9.25. The molecule has 0 aromatic heterocycles. The van der Waals surface area contributed by atoms with Gasteiger partial charge in [-0.2, -0.15) is 0 Å². The van der Waals surface area contributed by atoms with E-state index in [0.29, 0.717) is 0 Å². The van der Waals surface area contributed by atoms with Gasteiger partial charge >= 0.3 is 0 Å². The maximum Gasteiger partial charge on any atom is 0.124 e. The number of hydrogen-bond donors (Lipinski definition) is 0. The second-order valence-electron chi connectivity index (χ2n) is 0.947. The van der Waals surface area contributed by atoms with Crippen molar-refractivity contribution in [1.82, 2.24) is 0 Å². The summed E-state index contributed by atoms with van der Waals surface area (Å²) in [4.78, 5) is 0. The van der Waals surface area contributed by atoms with Crippen molar-refractivity contribution in [3.05, 3.63) is 0 Å². The SMILES string of the molecule is C[C@@H](F)C[O]. The van der Waals surface area contributed by atoms with Crippen LogP contribution >= 0.6 is 0 Å². The molecule has 0 saturated carbocycles. The number of alkyl halides is 1. The largest absolute Gasteiger partial charge is 0.245 e. The van der Waals surface area contributed by atoms with E-state index in [4.69, 9.17) is 0 Å². The summed E-state index contributed by atoms with van der Waals surface area (Å²) < 4.78 is 11.1. The van der Waals surface area contributed by atoms with Gasteiger partial charge in [0.1, 0.15) is 12.8 Å². The Hall–Kier alpha value is -0.110. The summed E-state index contributed by atoms with van der Waals surface area (Å²) >= 11 is 0. The molecule has 0 N–H and O–H groups in total. The van der Waals surface area contributed by atoms with Gasteiger partial charge in [0, 0.05) is 0 Å². The Labute approximate surface area is 30.4 Å². The van der Waals surface area contributed by atoms with Crippen LogP contribution in [0.3, 0.4) is 0 Å². The van der Waals surface area contributed by atoms with Crippen LogP contribution in [0.25, 0.3) is 0 Å². The first-order valence-corrected chi connectivity index (χ1v) is 1.49. The molecule has 0 aromatic carbocycles. The Bertz CT molecular complexity index is 20.9. The van der Waals surface area contributed by atoms with Crippen LogP contribution in [0.2, 0.25) is 0 Å². The van der Waals surface area contributed by atoms with Crippen molar-refractivity contribution in [2.45, 2.75) is 13.1 Å². The van der Waals surface area contributed by atoms with Crippen molar-refractivity contribution in [1.29, 1.82) is 0 Å². The molecule has 0 rings (SSSR count). The molecule has 1 radical (unpaired) electrons. The van der Waals surface area contributed by atoms with Gasteiger partial charge in [-0.3, -0.25) is 0 Å². The third-order valence-electron chi connectivity index (χ3n) is 0.230. The van der Waals surface area contributed by atoms with E-state index in [9.17, 15) is 9.50 Å². The molecule has 31 valence electrons. The average Bonchev–Trinajstić information content (AvgIpc) is 1.38. The second-order valence-corrected chi connectivity index (χ2v) is 0.947. The lowest BCUT2D eigenvalue weighted by atomic mass is 10.5. The topological polar surface area (TPSA) is 19.9 Å². The van der Waals surface area contributed by atoms with Crippen LogP contribution in [-0.2, 0) is 5.11 Å². The summed E-state index contributed by atoms with van der Waals surface area (Å²) in [5.41, 5.74) is 0. The minimum Gasteiger partial charge on any atom is -0.245 e. The fraction of sp³-hybridized carbons (Fsp3) is 1.00. The molecule has 2 heteroatoms. The van der Waals surface area contributed by atoms with Crippen LogP contribution in [0.15, 0.2) is 0 Å². The molecule has 0 bridgehead atoms. The van der Waals surface area contributed by atoms with Gasteiger partial charge < -0.3 is 0 Å².